The molecule has 0 radical (unpaired) electrons. The van der Waals surface area contributed by atoms with Crippen LogP contribution in [0.2, 0.25) is 0 Å². The molecule has 2 fully saturated rings. The molecule has 18 heavy (non-hydrogen) atoms. The van der Waals surface area contributed by atoms with Gasteiger partial charge in [0.1, 0.15) is 5.82 Å². The summed E-state index contributed by atoms with van der Waals surface area (Å²) in [6.45, 7) is 2.95. The Kier molecular flexibility index (Phi) is 3.48. The molecule has 2 unspecified atom stereocenters. The minimum atomic E-state index is 0.476. The summed E-state index contributed by atoms with van der Waals surface area (Å²) in [7, 11) is 1.91. The fourth-order valence-corrected chi connectivity index (χ4v) is 3.15. The fraction of sp³-hybridized carbons (Fsp3) is 0.643. The van der Waals surface area contributed by atoms with Crippen molar-refractivity contribution in [1.82, 2.24) is 9.88 Å². The predicted molar refractivity (Wildman–Crippen MR) is 71.6 cm³/mol. The van der Waals surface area contributed by atoms with E-state index < -0.39 is 0 Å². The Labute approximate surface area is 108 Å². The lowest BCUT2D eigenvalue weighted by molar-refractivity contribution is -0.0588. The van der Waals surface area contributed by atoms with Crippen LogP contribution in [0.25, 0.3) is 0 Å². The van der Waals surface area contributed by atoms with Gasteiger partial charge in [-0.1, -0.05) is 0 Å². The Morgan fingerprint density at radius 3 is 3.33 bits per heavy atom. The zero-order valence-corrected chi connectivity index (χ0v) is 10.9. The molecular formula is C14H21N3O. The van der Waals surface area contributed by atoms with Crippen molar-refractivity contribution in [3.63, 3.8) is 0 Å². The van der Waals surface area contributed by atoms with Crippen molar-refractivity contribution in [2.24, 2.45) is 0 Å². The molecule has 3 rings (SSSR count). The van der Waals surface area contributed by atoms with Crippen LogP contribution < -0.4 is 5.32 Å². The van der Waals surface area contributed by atoms with Crippen LogP contribution in [0.4, 0.5) is 5.82 Å². The summed E-state index contributed by atoms with van der Waals surface area (Å²) in [6.07, 6.45) is 6.19. The van der Waals surface area contributed by atoms with Crippen molar-refractivity contribution >= 4 is 5.82 Å². The zero-order valence-electron chi connectivity index (χ0n) is 10.9. The summed E-state index contributed by atoms with van der Waals surface area (Å²) < 4.78 is 5.85. The van der Waals surface area contributed by atoms with Gasteiger partial charge in [0.05, 0.1) is 12.7 Å². The summed E-state index contributed by atoms with van der Waals surface area (Å²) in [4.78, 5) is 6.84. The van der Waals surface area contributed by atoms with E-state index in [0.29, 0.717) is 12.1 Å². The van der Waals surface area contributed by atoms with E-state index in [9.17, 15) is 0 Å². The summed E-state index contributed by atoms with van der Waals surface area (Å²) in [5.41, 5.74) is 1.34. The third-order valence-electron chi connectivity index (χ3n) is 4.06. The van der Waals surface area contributed by atoms with Crippen molar-refractivity contribution in [2.75, 3.05) is 25.5 Å². The van der Waals surface area contributed by atoms with Crippen LogP contribution in [0.3, 0.4) is 0 Å². The monoisotopic (exact) mass is 247 g/mol. The molecule has 4 nitrogen and oxygen atoms in total. The molecule has 1 saturated carbocycles. The molecule has 1 aromatic rings. The van der Waals surface area contributed by atoms with Crippen LogP contribution in [-0.2, 0) is 11.3 Å². The Morgan fingerprint density at radius 2 is 2.44 bits per heavy atom. The zero-order chi connectivity index (χ0) is 12.4. The number of anilines is 1. The Balaban J connectivity index is 1.70. The topological polar surface area (TPSA) is 37.4 Å². The molecule has 1 aliphatic heterocycles. The summed E-state index contributed by atoms with van der Waals surface area (Å²) in [5.74, 6) is 0.948. The number of ether oxygens (including phenoxy) is 1. The quantitative estimate of drug-likeness (QED) is 0.885. The normalized spacial score (nSPS) is 28.1. The highest BCUT2D eigenvalue weighted by atomic mass is 16.5. The number of fused-ring (bicyclic) bond motifs is 1. The molecule has 4 heteroatoms. The van der Waals surface area contributed by atoms with Gasteiger partial charge in [0.25, 0.3) is 0 Å². The average molecular weight is 247 g/mol. The van der Waals surface area contributed by atoms with E-state index in [1.165, 1.54) is 24.8 Å². The number of hydrogen-bond acceptors (Lipinski definition) is 4. The fourth-order valence-electron chi connectivity index (χ4n) is 3.15. The molecular weight excluding hydrogens is 226 g/mol. The first kappa shape index (κ1) is 11.9. The number of aromatic nitrogens is 1. The lowest BCUT2D eigenvalue weighted by Gasteiger charge is -2.37. The van der Waals surface area contributed by atoms with Crippen LogP contribution in [0, 0.1) is 0 Å². The first-order chi connectivity index (χ1) is 8.86. The third kappa shape index (κ3) is 2.35. The molecule has 0 amide bonds. The molecule has 0 aromatic carbocycles. The van der Waals surface area contributed by atoms with Gasteiger partial charge in [-0.2, -0.15) is 0 Å². The van der Waals surface area contributed by atoms with E-state index >= 15 is 0 Å². The molecule has 0 spiro atoms. The second kappa shape index (κ2) is 5.24. The van der Waals surface area contributed by atoms with Gasteiger partial charge in [-0.3, -0.25) is 4.90 Å². The van der Waals surface area contributed by atoms with Crippen LogP contribution in [-0.4, -0.2) is 42.2 Å². The smallest absolute Gasteiger partial charge is 0.125 e. The largest absolute Gasteiger partial charge is 0.375 e. The number of hydrogen-bond donors (Lipinski definition) is 1. The maximum atomic E-state index is 5.85. The van der Waals surface area contributed by atoms with Gasteiger partial charge in [-0.15, -0.1) is 0 Å². The van der Waals surface area contributed by atoms with Gasteiger partial charge in [0.2, 0.25) is 0 Å². The van der Waals surface area contributed by atoms with Gasteiger partial charge < -0.3 is 10.1 Å². The van der Waals surface area contributed by atoms with Gasteiger partial charge in [-0.25, -0.2) is 4.98 Å². The van der Waals surface area contributed by atoms with Gasteiger partial charge in [-0.05, 0) is 37.0 Å². The highest BCUT2D eigenvalue weighted by molar-refractivity contribution is 5.36. The molecule has 0 bridgehead atoms. The number of nitrogens with one attached hydrogen (secondary N) is 1. The van der Waals surface area contributed by atoms with Gasteiger partial charge in [0, 0.05) is 32.4 Å². The van der Waals surface area contributed by atoms with Crippen molar-refractivity contribution < 1.29 is 4.74 Å². The molecule has 1 N–H and O–H groups in total. The van der Waals surface area contributed by atoms with E-state index in [1.54, 1.807) is 0 Å². The van der Waals surface area contributed by atoms with E-state index in [0.717, 1.165) is 25.5 Å². The van der Waals surface area contributed by atoms with Gasteiger partial charge in [0.15, 0.2) is 0 Å². The lowest BCUT2D eigenvalue weighted by Crippen LogP contribution is -2.47. The summed E-state index contributed by atoms with van der Waals surface area (Å²) in [6, 6.07) is 4.88. The molecule has 1 aromatic heterocycles. The molecule has 1 aliphatic carbocycles. The highest BCUT2D eigenvalue weighted by Gasteiger charge is 2.35. The molecule has 98 valence electrons. The average Bonchev–Trinajstić information content (AvgIpc) is 2.88. The lowest BCUT2D eigenvalue weighted by atomic mass is 10.1. The number of morpholine rings is 1. The maximum absolute atomic E-state index is 5.85. The number of rotatable bonds is 3. The van der Waals surface area contributed by atoms with Crippen molar-refractivity contribution in [3.8, 4) is 0 Å². The van der Waals surface area contributed by atoms with Crippen LogP contribution in [0.1, 0.15) is 24.8 Å². The second-order valence-electron chi connectivity index (χ2n) is 5.18. The number of pyridine rings is 1. The second-order valence-corrected chi connectivity index (χ2v) is 5.18. The van der Waals surface area contributed by atoms with E-state index in [1.807, 2.05) is 13.2 Å². The van der Waals surface area contributed by atoms with Crippen molar-refractivity contribution in [2.45, 2.75) is 38.0 Å². The standard InChI is InChI=1S/C14H21N3O/c1-15-14-9-11(5-6-16-14)10-17-7-8-18-13-4-2-3-12(13)17/h5-6,9,12-13H,2-4,7-8,10H2,1H3,(H,15,16). The van der Waals surface area contributed by atoms with E-state index in [4.69, 9.17) is 4.74 Å². The van der Waals surface area contributed by atoms with Gasteiger partial charge >= 0.3 is 0 Å². The van der Waals surface area contributed by atoms with E-state index in [-0.39, 0.29) is 0 Å². The SMILES string of the molecule is CNc1cc(CN2CCOC3CCCC32)ccn1. The van der Waals surface area contributed by atoms with Crippen molar-refractivity contribution in [1.29, 1.82) is 0 Å². The minimum Gasteiger partial charge on any atom is -0.375 e. The Bertz CT molecular complexity index is 410. The van der Waals surface area contributed by atoms with E-state index in [2.05, 4.69) is 27.3 Å². The first-order valence-electron chi connectivity index (χ1n) is 6.85. The first-order valence-corrected chi connectivity index (χ1v) is 6.85. The molecule has 1 saturated heterocycles. The Morgan fingerprint density at radius 1 is 1.50 bits per heavy atom. The minimum absolute atomic E-state index is 0.476. The number of nitrogens with zero attached hydrogens (tertiary/aromatic N) is 2. The molecule has 2 heterocycles. The molecule has 2 aliphatic rings. The van der Waals surface area contributed by atoms with Crippen LogP contribution >= 0.6 is 0 Å². The van der Waals surface area contributed by atoms with Crippen molar-refractivity contribution in [3.05, 3.63) is 23.9 Å². The predicted octanol–water partition coefficient (Wildman–Crippen LogP) is 1.88. The Hall–Kier alpha value is -1.13. The van der Waals surface area contributed by atoms with Crippen LogP contribution in [0.15, 0.2) is 18.3 Å². The summed E-state index contributed by atoms with van der Waals surface area (Å²) in [5, 5.41) is 3.10. The summed E-state index contributed by atoms with van der Waals surface area (Å²) >= 11 is 0. The third-order valence-corrected chi connectivity index (χ3v) is 4.06. The molecule has 2 atom stereocenters. The van der Waals surface area contributed by atoms with Crippen LogP contribution in [0.5, 0.6) is 0 Å². The maximum Gasteiger partial charge on any atom is 0.125 e. The highest BCUT2D eigenvalue weighted by Crippen LogP contribution is 2.30.